The summed E-state index contributed by atoms with van der Waals surface area (Å²) >= 11 is 0. The third-order valence-electron chi connectivity index (χ3n) is 2.95. The molecule has 0 atom stereocenters. The minimum atomic E-state index is 0.143. The molecule has 0 saturated carbocycles. The van der Waals surface area contributed by atoms with Gasteiger partial charge in [0.25, 0.3) is 0 Å². The Labute approximate surface area is 115 Å². The van der Waals surface area contributed by atoms with Crippen molar-refractivity contribution in [3.63, 3.8) is 0 Å². The molecule has 19 heavy (non-hydrogen) atoms. The highest BCUT2D eigenvalue weighted by atomic mass is 16.5. The van der Waals surface area contributed by atoms with Crippen LogP contribution >= 0.6 is 0 Å². The smallest absolute Gasteiger partial charge is 0.220 e. The molecule has 0 bridgehead atoms. The highest BCUT2D eigenvalue weighted by Crippen LogP contribution is 2.13. The Morgan fingerprint density at radius 3 is 2.53 bits per heavy atom. The summed E-state index contributed by atoms with van der Waals surface area (Å²) in [5.74, 6) is 1.01. The van der Waals surface area contributed by atoms with Gasteiger partial charge in [0.1, 0.15) is 5.75 Å². The van der Waals surface area contributed by atoms with Crippen molar-refractivity contribution in [1.82, 2.24) is 10.6 Å². The van der Waals surface area contributed by atoms with Gasteiger partial charge in [-0.15, -0.1) is 0 Å². The van der Waals surface area contributed by atoms with Gasteiger partial charge < -0.3 is 15.4 Å². The Balaban J connectivity index is 2.13. The number of hydrogen-bond donors (Lipinski definition) is 2. The Morgan fingerprint density at radius 1 is 1.16 bits per heavy atom. The van der Waals surface area contributed by atoms with E-state index in [9.17, 15) is 4.79 Å². The molecule has 0 fully saturated rings. The van der Waals surface area contributed by atoms with Crippen LogP contribution in [0.5, 0.6) is 5.75 Å². The standard InChI is InChI=1S/C15H24N2O2/c1-16-11-4-12-17-15(18)6-3-5-13-7-9-14(19-2)10-8-13/h7-10,16H,3-6,11-12H2,1-2H3,(H,17,18). The van der Waals surface area contributed by atoms with E-state index in [0.29, 0.717) is 6.42 Å². The minimum absolute atomic E-state index is 0.143. The van der Waals surface area contributed by atoms with Gasteiger partial charge in [-0.25, -0.2) is 0 Å². The van der Waals surface area contributed by atoms with Gasteiger partial charge in [0.15, 0.2) is 0 Å². The van der Waals surface area contributed by atoms with Crippen LogP contribution in [0.3, 0.4) is 0 Å². The molecule has 1 aromatic rings. The SMILES string of the molecule is CNCCCNC(=O)CCCc1ccc(OC)cc1. The average molecular weight is 264 g/mol. The van der Waals surface area contributed by atoms with Crippen molar-refractivity contribution in [2.75, 3.05) is 27.2 Å². The van der Waals surface area contributed by atoms with E-state index in [1.165, 1.54) is 5.56 Å². The monoisotopic (exact) mass is 264 g/mol. The van der Waals surface area contributed by atoms with E-state index in [1.807, 2.05) is 31.3 Å². The van der Waals surface area contributed by atoms with Crippen LogP contribution < -0.4 is 15.4 Å². The first-order chi connectivity index (χ1) is 9.26. The maximum atomic E-state index is 11.5. The van der Waals surface area contributed by atoms with Crippen LogP contribution in [-0.2, 0) is 11.2 Å². The van der Waals surface area contributed by atoms with Gasteiger partial charge in [0.2, 0.25) is 5.91 Å². The Bertz CT molecular complexity index is 363. The molecule has 1 aromatic carbocycles. The van der Waals surface area contributed by atoms with Crippen molar-refractivity contribution in [3.05, 3.63) is 29.8 Å². The van der Waals surface area contributed by atoms with Crippen LogP contribution in [0.1, 0.15) is 24.8 Å². The van der Waals surface area contributed by atoms with Gasteiger partial charge in [0, 0.05) is 13.0 Å². The summed E-state index contributed by atoms with van der Waals surface area (Å²) < 4.78 is 5.11. The van der Waals surface area contributed by atoms with Gasteiger partial charge in [-0.1, -0.05) is 12.1 Å². The van der Waals surface area contributed by atoms with Crippen LogP contribution in [0, 0.1) is 0 Å². The zero-order valence-corrected chi connectivity index (χ0v) is 11.9. The second-order valence-corrected chi connectivity index (χ2v) is 4.51. The predicted molar refractivity (Wildman–Crippen MR) is 77.5 cm³/mol. The van der Waals surface area contributed by atoms with Crippen molar-refractivity contribution in [2.24, 2.45) is 0 Å². The van der Waals surface area contributed by atoms with Crippen LogP contribution in [-0.4, -0.2) is 33.2 Å². The van der Waals surface area contributed by atoms with Crippen molar-refractivity contribution in [1.29, 1.82) is 0 Å². The summed E-state index contributed by atoms with van der Waals surface area (Å²) in [5.41, 5.74) is 1.24. The number of nitrogens with one attached hydrogen (secondary N) is 2. The molecule has 4 nitrogen and oxygen atoms in total. The zero-order valence-electron chi connectivity index (χ0n) is 11.9. The molecule has 0 unspecified atom stereocenters. The van der Waals surface area contributed by atoms with Crippen molar-refractivity contribution in [3.8, 4) is 5.75 Å². The Morgan fingerprint density at radius 2 is 1.89 bits per heavy atom. The van der Waals surface area contributed by atoms with Crippen molar-refractivity contribution >= 4 is 5.91 Å². The molecule has 0 saturated heterocycles. The third-order valence-corrected chi connectivity index (χ3v) is 2.95. The zero-order chi connectivity index (χ0) is 13.9. The van der Waals surface area contributed by atoms with E-state index in [1.54, 1.807) is 7.11 Å². The lowest BCUT2D eigenvalue weighted by molar-refractivity contribution is -0.121. The fraction of sp³-hybridized carbons (Fsp3) is 0.533. The quantitative estimate of drug-likeness (QED) is 0.668. The first-order valence-electron chi connectivity index (χ1n) is 6.80. The van der Waals surface area contributed by atoms with Gasteiger partial charge >= 0.3 is 0 Å². The molecule has 2 N–H and O–H groups in total. The van der Waals surface area contributed by atoms with E-state index < -0.39 is 0 Å². The van der Waals surface area contributed by atoms with Crippen molar-refractivity contribution in [2.45, 2.75) is 25.7 Å². The van der Waals surface area contributed by atoms with E-state index in [-0.39, 0.29) is 5.91 Å². The number of carbonyl (C=O) groups is 1. The summed E-state index contributed by atoms with van der Waals surface area (Å²) in [6.45, 7) is 1.69. The number of methoxy groups -OCH3 is 1. The number of aryl methyl sites for hydroxylation is 1. The molecule has 0 aliphatic heterocycles. The molecule has 0 radical (unpaired) electrons. The van der Waals surface area contributed by atoms with E-state index in [4.69, 9.17) is 4.74 Å². The number of benzene rings is 1. The number of rotatable bonds is 9. The highest BCUT2D eigenvalue weighted by Gasteiger charge is 2.01. The fourth-order valence-electron chi connectivity index (χ4n) is 1.83. The number of ether oxygens (including phenoxy) is 1. The largest absolute Gasteiger partial charge is 0.497 e. The lowest BCUT2D eigenvalue weighted by atomic mass is 10.1. The molecule has 4 heteroatoms. The van der Waals surface area contributed by atoms with E-state index in [2.05, 4.69) is 10.6 Å². The first kappa shape index (κ1) is 15.5. The summed E-state index contributed by atoms with van der Waals surface area (Å²) in [6.07, 6.45) is 3.37. The van der Waals surface area contributed by atoms with Crippen molar-refractivity contribution < 1.29 is 9.53 Å². The summed E-state index contributed by atoms with van der Waals surface area (Å²) in [5, 5.41) is 5.98. The van der Waals surface area contributed by atoms with Crippen LogP contribution in [0.2, 0.25) is 0 Å². The second-order valence-electron chi connectivity index (χ2n) is 4.51. The molecule has 1 amide bonds. The van der Waals surface area contributed by atoms with E-state index >= 15 is 0 Å². The minimum Gasteiger partial charge on any atom is -0.497 e. The molecule has 0 aliphatic rings. The number of hydrogen-bond acceptors (Lipinski definition) is 3. The lowest BCUT2D eigenvalue weighted by Crippen LogP contribution is -2.26. The number of amides is 1. The molecule has 0 heterocycles. The first-order valence-corrected chi connectivity index (χ1v) is 6.80. The topological polar surface area (TPSA) is 50.4 Å². The van der Waals surface area contributed by atoms with Crippen LogP contribution in [0.15, 0.2) is 24.3 Å². The Hall–Kier alpha value is -1.55. The molecular formula is C15H24N2O2. The third kappa shape index (κ3) is 6.82. The predicted octanol–water partition coefficient (Wildman–Crippen LogP) is 1.74. The molecule has 1 rings (SSSR count). The summed E-state index contributed by atoms with van der Waals surface area (Å²) in [4.78, 5) is 11.5. The second kappa shape index (κ2) is 9.39. The lowest BCUT2D eigenvalue weighted by Gasteiger charge is -2.05. The molecule has 0 aliphatic carbocycles. The molecule has 0 aromatic heterocycles. The van der Waals surface area contributed by atoms with Crippen LogP contribution in [0.4, 0.5) is 0 Å². The highest BCUT2D eigenvalue weighted by molar-refractivity contribution is 5.75. The molecule has 0 spiro atoms. The van der Waals surface area contributed by atoms with E-state index in [0.717, 1.165) is 38.1 Å². The summed E-state index contributed by atoms with van der Waals surface area (Å²) in [7, 11) is 3.57. The normalized spacial score (nSPS) is 10.2. The summed E-state index contributed by atoms with van der Waals surface area (Å²) in [6, 6.07) is 7.99. The maximum absolute atomic E-state index is 11.5. The average Bonchev–Trinajstić information content (AvgIpc) is 2.44. The number of carbonyl (C=O) groups excluding carboxylic acids is 1. The van der Waals surface area contributed by atoms with Gasteiger partial charge in [-0.2, -0.15) is 0 Å². The molecule has 106 valence electrons. The van der Waals surface area contributed by atoms with Crippen LogP contribution in [0.25, 0.3) is 0 Å². The van der Waals surface area contributed by atoms with Gasteiger partial charge in [-0.3, -0.25) is 4.79 Å². The van der Waals surface area contributed by atoms with Gasteiger partial charge in [0.05, 0.1) is 7.11 Å². The fourth-order valence-corrected chi connectivity index (χ4v) is 1.83. The van der Waals surface area contributed by atoms with Gasteiger partial charge in [-0.05, 0) is 50.6 Å². The maximum Gasteiger partial charge on any atom is 0.220 e. The Kier molecular flexibility index (Phi) is 7.66. The molecular weight excluding hydrogens is 240 g/mol.